The zero-order chi connectivity index (χ0) is 17.6. The number of nitrogens with zero attached hydrogens (tertiary/aromatic N) is 2. The molecule has 2 aliphatic rings. The number of fused-ring (bicyclic) bond motifs is 3. The lowest BCUT2D eigenvalue weighted by Gasteiger charge is -2.40. The van der Waals surface area contributed by atoms with Crippen molar-refractivity contribution in [2.75, 3.05) is 13.6 Å². The Labute approximate surface area is 151 Å². The Morgan fingerprint density at radius 3 is 2.80 bits per heavy atom. The van der Waals surface area contributed by atoms with Crippen LogP contribution in [-0.4, -0.2) is 23.1 Å². The van der Waals surface area contributed by atoms with Crippen LogP contribution in [-0.2, 0) is 19.0 Å². The summed E-state index contributed by atoms with van der Waals surface area (Å²) >= 11 is 0. The van der Waals surface area contributed by atoms with Gasteiger partial charge in [0.25, 0.3) is 0 Å². The molecule has 1 unspecified atom stereocenters. The van der Waals surface area contributed by atoms with E-state index in [1.54, 1.807) is 16.8 Å². The van der Waals surface area contributed by atoms with Crippen LogP contribution >= 0.6 is 0 Å². The minimum atomic E-state index is 0.214. The fourth-order valence-electron chi connectivity index (χ4n) is 5.05. The van der Waals surface area contributed by atoms with E-state index in [1.165, 1.54) is 42.1 Å². The van der Waals surface area contributed by atoms with Crippen molar-refractivity contribution in [1.82, 2.24) is 9.47 Å². The maximum atomic E-state index is 2.51. The molecule has 0 radical (unpaired) electrons. The van der Waals surface area contributed by atoms with Gasteiger partial charge in [0.15, 0.2) is 0 Å². The van der Waals surface area contributed by atoms with Crippen LogP contribution in [0.3, 0.4) is 0 Å². The van der Waals surface area contributed by atoms with E-state index >= 15 is 0 Å². The van der Waals surface area contributed by atoms with Gasteiger partial charge in [0.1, 0.15) is 0 Å². The molecule has 0 spiro atoms. The van der Waals surface area contributed by atoms with E-state index in [2.05, 4.69) is 73.8 Å². The number of hydrogen-bond donors (Lipinski definition) is 0. The number of hydrogen-bond acceptors (Lipinski definition) is 1. The molecular weight excluding hydrogens is 304 g/mol. The molecule has 2 heterocycles. The van der Waals surface area contributed by atoms with Gasteiger partial charge in [-0.3, -0.25) is 0 Å². The molecule has 0 N–H and O–H groups in total. The van der Waals surface area contributed by atoms with E-state index < -0.39 is 0 Å². The topological polar surface area (TPSA) is 8.17 Å². The highest BCUT2D eigenvalue weighted by molar-refractivity contribution is 5.87. The largest absolute Gasteiger partial charge is 0.347 e. The first kappa shape index (κ1) is 16.7. The number of allylic oxidation sites excluding steroid dienone is 4. The lowest BCUT2D eigenvalue weighted by atomic mass is 9.75. The van der Waals surface area contributed by atoms with Crippen molar-refractivity contribution >= 4 is 10.9 Å². The summed E-state index contributed by atoms with van der Waals surface area (Å²) in [6, 6.07) is 6.92. The zero-order valence-electron chi connectivity index (χ0n) is 16.1. The van der Waals surface area contributed by atoms with Crippen LogP contribution in [0.4, 0.5) is 0 Å². The van der Waals surface area contributed by atoms with E-state index in [9.17, 15) is 0 Å². The number of rotatable bonds is 3. The van der Waals surface area contributed by atoms with Gasteiger partial charge in [0, 0.05) is 42.1 Å². The van der Waals surface area contributed by atoms with Crippen molar-refractivity contribution in [1.29, 1.82) is 0 Å². The molecule has 0 amide bonds. The van der Waals surface area contributed by atoms with Crippen molar-refractivity contribution in [3.05, 3.63) is 58.8 Å². The van der Waals surface area contributed by atoms with E-state index in [-0.39, 0.29) is 5.41 Å². The van der Waals surface area contributed by atoms with Gasteiger partial charge in [-0.1, -0.05) is 42.4 Å². The summed E-state index contributed by atoms with van der Waals surface area (Å²) in [7, 11) is 4.54. The summed E-state index contributed by atoms with van der Waals surface area (Å²) in [6.07, 6.45) is 11.8. The van der Waals surface area contributed by atoms with Gasteiger partial charge in [-0.2, -0.15) is 0 Å². The molecule has 1 aliphatic heterocycles. The van der Waals surface area contributed by atoms with E-state index in [1.807, 2.05) is 0 Å². The summed E-state index contributed by atoms with van der Waals surface area (Å²) in [5.41, 5.74) is 7.69. The van der Waals surface area contributed by atoms with Crippen molar-refractivity contribution in [2.45, 2.75) is 51.5 Å². The third-order valence-electron chi connectivity index (χ3n) is 6.18. The monoisotopic (exact) mass is 334 g/mol. The summed E-state index contributed by atoms with van der Waals surface area (Å²) < 4.78 is 2.48. The van der Waals surface area contributed by atoms with Gasteiger partial charge >= 0.3 is 0 Å². The Morgan fingerprint density at radius 1 is 1.20 bits per heavy atom. The number of benzene rings is 1. The normalized spacial score (nSPS) is 23.8. The van der Waals surface area contributed by atoms with E-state index in [0.29, 0.717) is 0 Å². The standard InChI is InChI=1S/C23H30N2/c1-17-10-11-21-19(14-17)20-15-24(3)16-23(2,22(20)25(21)4)13-12-18-8-6-5-7-9-18/h5-6,8,10-11,14H,7,9,12-13,15-16H2,1-4H3. The van der Waals surface area contributed by atoms with Crippen molar-refractivity contribution in [3.63, 3.8) is 0 Å². The second-order valence-corrected chi connectivity index (χ2v) is 8.43. The van der Waals surface area contributed by atoms with Gasteiger partial charge in [-0.05, 0) is 57.4 Å². The lowest BCUT2D eigenvalue weighted by Crippen LogP contribution is -2.43. The van der Waals surface area contributed by atoms with Gasteiger partial charge in [-0.15, -0.1) is 0 Å². The zero-order valence-corrected chi connectivity index (χ0v) is 16.1. The molecule has 2 nitrogen and oxygen atoms in total. The number of aryl methyl sites for hydroxylation is 2. The molecule has 1 atom stereocenters. The first-order valence-corrected chi connectivity index (χ1v) is 9.59. The summed E-state index contributed by atoms with van der Waals surface area (Å²) in [5.74, 6) is 0. The quantitative estimate of drug-likeness (QED) is 0.744. The minimum absolute atomic E-state index is 0.214. The van der Waals surface area contributed by atoms with Crippen LogP contribution in [0.25, 0.3) is 10.9 Å². The Hall–Kier alpha value is -1.80. The van der Waals surface area contributed by atoms with E-state index in [0.717, 1.165) is 13.1 Å². The third-order valence-corrected chi connectivity index (χ3v) is 6.18. The maximum absolute atomic E-state index is 2.51. The fraction of sp³-hybridized carbons (Fsp3) is 0.478. The molecule has 0 bridgehead atoms. The first-order chi connectivity index (χ1) is 12.0. The van der Waals surface area contributed by atoms with E-state index in [4.69, 9.17) is 0 Å². The smallest absolute Gasteiger partial charge is 0.0483 e. The highest BCUT2D eigenvalue weighted by Crippen LogP contribution is 2.42. The van der Waals surface area contributed by atoms with Crippen molar-refractivity contribution in [2.24, 2.45) is 7.05 Å². The third kappa shape index (κ3) is 2.87. The molecule has 1 aromatic heterocycles. The predicted molar refractivity (Wildman–Crippen MR) is 107 cm³/mol. The Morgan fingerprint density at radius 2 is 2.04 bits per heavy atom. The molecule has 4 rings (SSSR count). The molecule has 0 saturated carbocycles. The number of likely N-dealkylation sites (N-methyl/N-ethyl adjacent to an activating group) is 1. The molecular formula is C23H30N2. The highest BCUT2D eigenvalue weighted by Gasteiger charge is 2.38. The second-order valence-electron chi connectivity index (χ2n) is 8.43. The summed E-state index contributed by atoms with van der Waals surface area (Å²) in [5, 5.41) is 1.45. The Kier molecular flexibility index (Phi) is 4.11. The average molecular weight is 335 g/mol. The van der Waals surface area contributed by atoms with Crippen LogP contribution in [0.1, 0.15) is 49.4 Å². The highest BCUT2D eigenvalue weighted by atomic mass is 15.1. The Bertz CT molecular complexity index is 868. The van der Waals surface area contributed by atoms with Crippen molar-refractivity contribution < 1.29 is 0 Å². The van der Waals surface area contributed by atoms with Crippen LogP contribution in [0, 0.1) is 6.92 Å². The maximum Gasteiger partial charge on any atom is 0.0483 e. The molecule has 0 saturated heterocycles. The number of aromatic nitrogens is 1. The average Bonchev–Trinajstić information content (AvgIpc) is 2.86. The second kappa shape index (κ2) is 6.17. The molecule has 2 heteroatoms. The summed E-state index contributed by atoms with van der Waals surface area (Å²) in [6.45, 7) is 6.89. The van der Waals surface area contributed by atoms with Gasteiger partial charge in [0.05, 0.1) is 0 Å². The minimum Gasteiger partial charge on any atom is -0.347 e. The van der Waals surface area contributed by atoms with Crippen LogP contribution in [0.5, 0.6) is 0 Å². The molecule has 25 heavy (non-hydrogen) atoms. The van der Waals surface area contributed by atoms with Gasteiger partial charge in [0.2, 0.25) is 0 Å². The van der Waals surface area contributed by atoms with Crippen LogP contribution < -0.4 is 0 Å². The van der Waals surface area contributed by atoms with Crippen molar-refractivity contribution in [3.8, 4) is 0 Å². The lowest BCUT2D eigenvalue weighted by molar-refractivity contribution is 0.207. The molecule has 2 aromatic rings. The summed E-state index contributed by atoms with van der Waals surface area (Å²) in [4.78, 5) is 2.51. The SMILES string of the molecule is Cc1ccc2c(c1)c1c(n2C)C(C)(CCC2=CC=CCC2)CN(C)C1. The fourth-order valence-corrected chi connectivity index (χ4v) is 5.05. The molecule has 132 valence electrons. The molecule has 1 aromatic carbocycles. The molecule has 1 aliphatic carbocycles. The molecule has 0 fully saturated rings. The predicted octanol–water partition coefficient (Wildman–Crippen LogP) is 5.25. The Balaban J connectivity index is 1.76. The van der Waals surface area contributed by atoms with Crippen LogP contribution in [0.2, 0.25) is 0 Å². The van der Waals surface area contributed by atoms with Crippen LogP contribution in [0.15, 0.2) is 42.0 Å². The van der Waals surface area contributed by atoms with Gasteiger partial charge < -0.3 is 9.47 Å². The van der Waals surface area contributed by atoms with Gasteiger partial charge in [-0.25, -0.2) is 0 Å². The first-order valence-electron chi connectivity index (χ1n) is 9.59.